The van der Waals surface area contributed by atoms with Crippen LogP contribution in [-0.4, -0.2) is 51.0 Å². The SMILES string of the molecule is CC.COCC1(C)CN(C)CCO1. The lowest BCUT2D eigenvalue weighted by Gasteiger charge is -2.38. The zero-order valence-electron chi connectivity index (χ0n) is 9.59. The van der Waals surface area contributed by atoms with Crippen LogP contribution in [0.5, 0.6) is 0 Å². The van der Waals surface area contributed by atoms with Gasteiger partial charge in [0.2, 0.25) is 0 Å². The molecule has 0 radical (unpaired) electrons. The molecule has 1 aliphatic heterocycles. The van der Waals surface area contributed by atoms with E-state index in [2.05, 4.69) is 18.9 Å². The fourth-order valence-electron chi connectivity index (χ4n) is 1.54. The summed E-state index contributed by atoms with van der Waals surface area (Å²) in [5.41, 5.74) is -0.0955. The van der Waals surface area contributed by atoms with Crippen molar-refractivity contribution in [3.63, 3.8) is 0 Å². The Morgan fingerprint density at radius 1 is 1.46 bits per heavy atom. The van der Waals surface area contributed by atoms with Gasteiger partial charge in [-0.25, -0.2) is 0 Å². The maximum absolute atomic E-state index is 5.61. The maximum Gasteiger partial charge on any atom is 0.101 e. The van der Waals surface area contributed by atoms with Gasteiger partial charge in [-0.2, -0.15) is 0 Å². The highest BCUT2D eigenvalue weighted by molar-refractivity contribution is 4.81. The lowest BCUT2D eigenvalue weighted by molar-refractivity contribution is -0.123. The first-order valence-corrected chi connectivity index (χ1v) is 4.98. The average Bonchev–Trinajstić information content (AvgIpc) is 2.07. The fourth-order valence-corrected chi connectivity index (χ4v) is 1.54. The van der Waals surface area contributed by atoms with E-state index in [1.165, 1.54) is 0 Å². The molecule has 1 aliphatic rings. The number of methoxy groups -OCH3 is 1. The largest absolute Gasteiger partial charge is 0.382 e. The van der Waals surface area contributed by atoms with Crippen LogP contribution in [0.2, 0.25) is 0 Å². The molecule has 0 bridgehead atoms. The summed E-state index contributed by atoms with van der Waals surface area (Å²) in [5, 5.41) is 0. The fraction of sp³-hybridized carbons (Fsp3) is 1.00. The number of morpholine rings is 1. The molecule has 1 unspecified atom stereocenters. The van der Waals surface area contributed by atoms with Crippen molar-refractivity contribution in [2.45, 2.75) is 26.4 Å². The lowest BCUT2D eigenvalue weighted by Crippen LogP contribution is -2.50. The predicted molar refractivity (Wildman–Crippen MR) is 55.1 cm³/mol. The van der Waals surface area contributed by atoms with Crippen molar-refractivity contribution in [3.8, 4) is 0 Å². The van der Waals surface area contributed by atoms with Crippen LogP contribution in [0.4, 0.5) is 0 Å². The summed E-state index contributed by atoms with van der Waals surface area (Å²) < 4.78 is 10.7. The molecule has 0 aromatic heterocycles. The van der Waals surface area contributed by atoms with Gasteiger partial charge in [-0.15, -0.1) is 0 Å². The number of hydrogen-bond donors (Lipinski definition) is 0. The Kier molecular flexibility index (Phi) is 6.29. The van der Waals surface area contributed by atoms with Gasteiger partial charge in [0, 0.05) is 20.2 Å². The highest BCUT2D eigenvalue weighted by Crippen LogP contribution is 2.16. The standard InChI is InChI=1S/C8H17NO2.C2H6/c1-8(7-10-3)6-9(2)4-5-11-8;1-2/h4-7H2,1-3H3;1-2H3. The molecule has 1 heterocycles. The summed E-state index contributed by atoms with van der Waals surface area (Å²) in [4.78, 5) is 2.27. The topological polar surface area (TPSA) is 21.7 Å². The molecule has 0 spiro atoms. The van der Waals surface area contributed by atoms with E-state index in [4.69, 9.17) is 9.47 Å². The predicted octanol–water partition coefficient (Wildman–Crippen LogP) is 1.38. The molecule has 0 amide bonds. The summed E-state index contributed by atoms with van der Waals surface area (Å²) in [6, 6.07) is 0. The van der Waals surface area contributed by atoms with Gasteiger partial charge < -0.3 is 14.4 Å². The Morgan fingerprint density at radius 2 is 2.08 bits per heavy atom. The Labute approximate surface area is 82.0 Å². The molecule has 0 aromatic rings. The monoisotopic (exact) mass is 189 g/mol. The van der Waals surface area contributed by atoms with Gasteiger partial charge in [-0.1, -0.05) is 13.8 Å². The number of likely N-dealkylation sites (N-methyl/N-ethyl adjacent to an activating group) is 1. The Bertz CT molecular complexity index is 126. The van der Waals surface area contributed by atoms with E-state index in [9.17, 15) is 0 Å². The first-order valence-electron chi connectivity index (χ1n) is 4.98. The highest BCUT2D eigenvalue weighted by atomic mass is 16.5. The average molecular weight is 189 g/mol. The van der Waals surface area contributed by atoms with Crippen LogP contribution in [0, 0.1) is 0 Å². The third-order valence-corrected chi connectivity index (χ3v) is 1.98. The Morgan fingerprint density at radius 3 is 2.54 bits per heavy atom. The van der Waals surface area contributed by atoms with E-state index in [1.807, 2.05) is 13.8 Å². The number of ether oxygens (including phenoxy) is 2. The van der Waals surface area contributed by atoms with Crippen molar-refractivity contribution in [3.05, 3.63) is 0 Å². The van der Waals surface area contributed by atoms with Crippen molar-refractivity contribution < 1.29 is 9.47 Å². The van der Waals surface area contributed by atoms with E-state index in [0.717, 1.165) is 19.7 Å². The summed E-state index contributed by atoms with van der Waals surface area (Å²) >= 11 is 0. The van der Waals surface area contributed by atoms with Gasteiger partial charge in [0.05, 0.1) is 13.2 Å². The van der Waals surface area contributed by atoms with E-state index in [-0.39, 0.29) is 5.60 Å². The van der Waals surface area contributed by atoms with Crippen LogP contribution in [0.1, 0.15) is 20.8 Å². The van der Waals surface area contributed by atoms with Crippen molar-refractivity contribution in [1.29, 1.82) is 0 Å². The molecule has 13 heavy (non-hydrogen) atoms. The van der Waals surface area contributed by atoms with Gasteiger partial charge in [-0.05, 0) is 14.0 Å². The minimum atomic E-state index is -0.0955. The van der Waals surface area contributed by atoms with Gasteiger partial charge in [0.25, 0.3) is 0 Å². The summed E-state index contributed by atoms with van der Waals surface area (Å²) in [7, 11) is 3.82. The second-order valence-corrected chi connectivity index (χ2v) is 3.47. The molecular weight excluding hydrogens is 166 g/mol. The van der Waals surface area contributed by atoms with Crippen LogP contribution in [0.3, 0.4) is 0 Å². The number of rotatable bonds is 2. The second-order valence-electron chi connectivity index (χ2n) is 3.47. The zero-order valence-corrected chi connectivity index (χ0v) is 9.59. The first-order chi connectivity index (χ1) is 6.16. The molecule has 1 fully saturated rings. The molecule has 0 aromatic carbocycles. The molecule has 0 N–H and O–H groups in total. The van der Waals surface area contributed by atoms with Crippen LogP contribution in [-0.2, 0) is 9.47 Å². The molecule has 0 aliphatic carbocycles. The summed E-state index contributed by atoms with van der Waals surface area (Å²) in [6.45, 7) is 9.57. The third kappa shape index (κ3) is 4.60. The van der Waals surface area contributed by atoms with Crippen LogP contribution in [0.15, 0.2) is 0 Å². The molecule has 1 rings (SSSR count). The second kappa shape index (κ2) is 6.35. The molecular formula is C10H23NO2. The molecule has 80 valence electrons. The van der Waals surface area contributed by atoms with Crippen molar-refractivity contribution in [2.24, 2.45) is 0 Å². The zero-order chi connectivity index (χ0) is 10.3. The van der Waals surface area contributed by atoms with Crippen molar-refractivity contribution >= 4 is 0 Å². The number of hydrogen-bond acceptors (Lipinski definition) is 3. The van der Waals surface area contributed by atoms with E-state index in [1.54, 1.807) is 7.11 Å². The van der Waals surface area contributed by atoms with E-state index in [0.29, 0.717) is 6.61 Å². The van der Waals surface area contributed by atoms with Gasteiger partial charge in [0.1, 0.15) is 5.60 Å². The van der Waals surface area contributed by atoms with Gasteiger partial charge in [-0.3, -0.25) is 0 Å². The maximum atomic E-state index is 5.61. The molecule has 1 saturated heterocycles. The van der Waals surface area contributed by atoms with E-state index < -0.39 is 0 Å². The molecule has 0 saturated carbocycles. The Balaban J connectivity index is 0.000000671. The Hall–Kier alpha value is -0.120. The third-order valence-electron chi connectivity index (χ3n) is 1.98. The van der Waals surface area contributed by atoms with Crippen LogP contribution in [0.25, 0.3) is 0 Å². The molecule has 1 atom stereocenters. The minimum absolute atomic E-state index is 0.0955. The normalized spacial score (nSPS) is 29.3. The first kappa shape index (κ1) is 12.9. The van der Waals surface area contributed by atoms with E-state index >= 15 is 0 Å². The highest BCUT2D eigenvalue weighted by Gasteiger charge is 2.30. The van der Waals surface area contributed by atoms with Crippen LogP contribution >= 0.6 is 0 Å². The summed E-state index contributed by atoms with van der Waals surface area (Å²) in [6.07, 6.45) is 0. The van der Waals surface area contributed by atoms with Crippen LogP contribution < -0.4 is 0 Å². The van der Waals surface area contributed by atoms with Crippen molar-refractivity contribution in [2.75, 3.05) is 40.5 Å². The van der Waals surface area contributed by atoms with Gasteiger partial charge in [0.15, 0.2) is 0 Å². The smallest absolute Gasteiger partial charge is 0.101 e. The summed E-state index contributed by atoms with van der Waals surface area (Å²) in [5.74, 6) is 0. The quantitative estimate of drug-likeness (QED) is 0.655. The number of nitrogens with zero attached hydrogens (tertiary/aromatic N) is 1. The lowest BCUT2D eigenvalue weighted by atomic mass is 10.1. The van der Waals surface area contributed by atoms with Crippen molar-refractivity contribution in [1.82, 2.24) is 4.90 Å². The van der Waals surface area contributed by atoms with Gasteiger partial charge >= 0.3 is 0 Å². The molecule has 3 nitrogen and oxygen atoms in total. The minimum Gasteiger partial charge on any atom is -0.382 e. The molecule has 3 heteroatoms.